The minimum Gasteiger partial charge on any atom is -0.456 e. The molecule has 0 radical (unpaired) electrons. The van der Waals surface area contributed by atoms with Gasteiger partial charge in [0.25, 0.3) is 5.91 Å². The number of anilines is 1. The number of aromatic nitrogens is 1. The molecule has 0 unspecified atom stereocenters. The first kappa shape index (κ1) is 18.2. The monoisotopic (exact) mass is 366 g/mol. The number of nitrogens with one attached hydrogen (secondary N) is 1. The summed E-state index contributed by atoms with van der Waals surface area (Å²) in [6.45, 7) is 5.38. The van der Waals surface area contributed by atoms with Crippen molar-refractivity contribution in [2.24, 2.45) is 0 Å². The van der Waals surface area contributed by atoms with Gasteiger partial charge in [0.15, 0.2) is 0 Å². The second kappa shape index (κ2) is 7.20. The van der Waals surface area contributed by atoms with E-state index in [0.717, 1.165) is 0 Å². The predicted molar refractivity (Wildman–Crippen MR) is 93.8 cm³/mol. The molecule has 0 bridgehead atoms. The molecule has 0 aliphatic rings. The van der Waals surface area contributed by atoms with Gasteiger partial charge in [0.1, 0.15) is 16.4 Å². The van der Waals surface area contributed by atoms with Crippen molar-refractivity contribution in [1.29, 1.82) is 0 Å². The summed E-state index contributed by atoms with van der Waals surface area (Å²) in [4.78, 5) is 28.0. The maximum Gasteiger partial charge on any atom is 0.338 e. The molecule has 126 valence electrons. The van der Waals surface area contributed by atoms with Gasteiger partial charge >= 0.3 is 5.97 Å². The molecular weight excluding hydrogens is 351 g/mol. The summed E-state index contributed by atoms with van der Waals surface area (Å²) in [5.74, 6) is -0.881. The zero-order valence-corrected chi connectivity index (χ0v) is 14.9. The summed E-state index contributed by atoms with van der Waals surface area (Å²) in [5.41, 5.74) is 0.433. The Bertz CT molecular complexity index is 748. The maximum absolute atomic E-state index is 12.1. The van der Waals surface area contributed by atoms with Gasteiger partial charge in [-0.05, 0) is 57.2 Å². The third kappa shape index (κ3) is 5.22. The molecule has 0 saturated carbocycles. The molecule has 5 nitrogen and oxygen atoms in total. The van der Waals surface area contributed by atoms with E-state index < -0.39 is 17.5 Å². The molecule has 2 aromatic rings. The summed E-state index contributed by atoms with van der Waals surface area (Å²) in [5, 5.41) is 3.11. The van der Waals surface area contributed by atoms with E-state index in [1.807, 2.05) is 0 Å². The van der Waals surface area contributed by atoms with E-state index in [1.54, 1.807) is 45.0 Å². The average Bonchev–Trinajstić information content (AvgIpc) is 2.45. The second-order valence-corrected chi connectivity index (χ2v) is 6.85. The number of carbonyl (C=O) groups excluding carboxylic acids is 2. The molecule has 0 saturated heterocycles. The van der Waals surface area contributed by atoms with E-state index in [0.29, 0.717) is 16.3 Å². The molecule has 0 aliphatic heterocycles. The minimum atomic E-state index is -0.568. The van der Waals surface area contributed by atoms with E-state index in [9.17, 15) is 9.59 Å². The fourth-order valence-electron chi connectivity index (χ4n) is 1.80. The van der Waals surface area contributed by atoms with Gasteiger partial charge in [-0.15, -0.1) is 0 Å². The molecule has 0 aliphatic carbocycles. The van der Waals surface area contributed by atoms with Crippen LogP contribution < -0.4 is 5.32 Å². The minimum absolute atomic E-state index is 0.101. The lowest BCUT2D eigenvalue weighted by atomic mass is 10.1. The Morgan fingerprint density at radius 1 is 1.08 bits per heavy atom. The summed E-state index contributed by atoms with van der Waals surface area (Å²) < 4.78 is 5.27. The Hall–Kier alpha value is -2.11. The van der Waals surface area contributed by atoms with Crippen molar-refractivity contribution in [3.05, 3.63) is 57.8 Å². The summed E-state index contributed by atoms with van der Waals surface area (Å²) in [6, 6.07) is 9.20. The fourth-order valence-corrected chi connectivity index (χ4v) is 2.27. The van der Waals surface area contributed by atoms with Crippen LogP contribution in [0.3, 0.4) is 0 Å². The van der Waals surface area contributed by atoms with Gasteiger partial charge in [-0.3, -0.25) is 4.79 Å². The lowest BCUT2D eigenvalue weighted by Crippen LogP contribution is -2.23. The number of halogens is 2. The highest BCUT2D eigenvalue weighted by molar-refractivity contribution is 6.34. The molecule has 1 aromatic carbocycles. The van der Waals surface area contributed by atoms with Crippen LogP contribution in [0, 0.1) is 0 Å². The van der Waals surface area contributed by atoms with Crippen LogP contribution >= 0.6 is 23.2 Å². The molecule has 0 atom stereocenters. The lowest BCUT2D eigenvalue weighted by molar-refractivity contribution is 0.00695. The van der Waals surface area contributed by atoms with Crippen molar-refractivity contribution in [2.75, 3.05) is 5.32 Å². The average molecular weight is 367 g/mol. The quantitative estimate of drug-likeness (QED) is 0.636. The first-order valence-corrected chi connectivity index (χ1v) is 7.87. The van der Waals surface area contributed by atoms with Gasteiger partial charge in [0.2, 0.25) is 0 Å². The van der Waals surface area contributed by atoms with Crippen LogP contribution in [0.1, 0.15) is 41.6 Å². The van der Waals surface area contributed by atoms with Gasteiger partial charge in [-0.25, -0.2) is 9.78 Å². The van der Waals surface area contributed by atoms with E-state index in [4.69, 9.17) is 27.9 Å². The molecule has 0 fully saturated rings. The zero-order chi connectivity index (χ0) is 17.9. The van der Waals surface area contributed by atoms with E-state index in [1.165, 1.54) is 12.1 Å². The van der Waals surface area contributed by atoms with Gasteiger partial charge in [0, 0.05) is 10.7 Å². The molecule has 1 aromatic heterocycles. The predicted octanol–water partition coefficient (Wildman–Crippen LogP) is 4.60. The largest absolute Gasteiger partial charge is 0.456 e. The van der Waals surface area contributed by atoms with Crippen LogP contribution in [0.4, 0.5) is 5.69 Å². The second-order valence-electron chi connectivity index (χ2n) is 6.03. The number of hydrogen-bond donors (Lipinski definition) is 1. The molecule has 24 heavy (non-hydrogen) atoms. The standard InChI is InChI=1S/C17H16Cl2N2O3/c1-17(2,3)24-16(23)10-4-6-12(7-5-10)20-15(22)13-8-11(18)9-14(19)21-13/h4-9H,1-3H3,(H,20,22). The highest BCUT2D eigenvalue weighted by Gasteiger charge is 2.18. The summed E-state index contributed by atoms with van der Waals surface area (Å²) in [6.07, 6.45) is 0. The Labute approximate surface area is 149 Å². The first-order valence-electron chi connectivity index (χ1n) is 7.12. The van der Waals surface area contributed by atoms with Gasteiger partial charge < -0.3 is 10.1 Å². The van der Waals surface area contributed by atoms with Crippen LogP contribution in [-0.2, 0) is 4.74 Å². The van der Waals surface area contributed by atoms with Crippen molar-refractivity contribution in [1.82, 2.24) is 4.98 Å². The third-order valence-electron chi connectivity index (χ3n) is 2.77. The van der Waals surface area contributed by atoms with E-state index >= 15 is 0 Å². The SMILES string of the molecule is CC(C)(C)OC(=O)c1ccc(NC(=O)c2cc(Cl)cc(Cl)n2)cc1. The number of carbonyl (C=O) groups is 2. The normalized spacial score (nSPS) is 11.0. The molecule has 1 N–H and O–H groups in total. The number of pyridine rings is 1. The van der Waals surface area contributed by atoms with E-state index in [2.05, 4.69) is 10.3 Å². The topological polar surface area (TPSA) is 68.3 Å². The molecule has 1 heterocycles. The third-order valence-corrected chi connectivity index (χ3v) is 3.18. The van der Waals surface area contributed by atoms with Crippen LogP contribution in [0.25, 0.3) is 0 Å². The van der Waals surface area contributed by atoms with Crippen LogP contribution in [-0.4, -0.2) is 22.5 Å². The van der Waals surface area contributed by atoms with Gasteiger partial charge in [-0.2, -0.15) is 0 Å². The van der Waals surface area contributed by atoms with Crippen molar-refractivity contribution in [3.63, 3.8) is 0 Å². The molecular formula is C17H16Cl2N2O3. The van der Waals surface area contributed by atoms with Crippen LogP contribution in [0.5, 0.6) is 0 Å². The Morgan fingerprint density at radius 3 is 2.25 bits per heavy atom. The zero-order valence-electron chi connectivity index (χ0n) is 13.4. The molecule has 7 heteroatoms. The van der Waals surface area contributed by atoms with E-state index in [-0.39, 0.29) is 10.8 Å². The molecule has 0 spiro atoms. The van der Waals surface area contributed by atoms with Crippen molar-refractivity contribution < 1.29 is 14.3 Å². The highest BCUT2D eigenvalue weighted by Crippen LogP contribution is 2.18. The van der Waals surface area contributed by atoms with Gasteiger partial charge in [0.05, 0.1) is 5.56 Å². The Morgan fingerprint density at radius 2 is 1.71 bits per heavy atom. The number of amides is 1. The van der Waals surface area contributed by atoms with Crippen LogP contribution in [0.15, 0.2) is 36.4 Å². The summed E-state index contributed by atoms with van der Waals surface area (Å²) >= 11 is 11.6. The lowest BCUT2D eigenvalue weighted by Gasteiger charge is -2.19. The summed E-state index contributed by atoms with van der Waals surface area (Å²) in [7, 11) is 0. The van der Waals surface area contributed by atoms with Crippen LogP contribution in [0.2, 0.25) is 10.2 Å². The fraction of sp³-hybridized carbons (Fsp3) is 0.235. The van der Waals surface area contributed by atoms with Gasteiger partial charge in [-0.1, -0.05) is 23.2 Å². The first-order chi connectivity index (χ1) is 11.1. The number of hydrogen-bond acceptors (Lipinski definition) is 4. The number of ether oxygens (including phenoxy) is 1. The number of benzene rings is 1. The Kier molecular flexibility index (Phi) is 5.47. The number of nitrogens with zero attached hydrogens (tertiary/aromatic N) is 1. The van der Waals surface area contributed by atoms with Crippen molar-refractivity contribution in [2.45, 2.75) is 26.4 Å². The molecule has 2 rings (SSSR count). The number of esters is 1. The smallest absolute Gasteiger partial charge is 0.338 e. The number of rotatable bonds is 3. The van der Waals surface area contributed by atoms with Crippen molar-refractivity contribution in [3.8, 4) is 0 Å². The highest BCUT2D eigenvalue weighted by atomic mass is 35.5. The molecule has 1 amide bonds. The van der Waals surface area contributed by atoms with Crippen molar-refractivity contribution >= 4 is 40.8 Å². The Balaban J connectivity index is 2.08. The maximum atomic E-state index is 12.1.